The lowest BCUT2D eigenvalue weighted by atomic mass is 9.89. The Bertz CT molecular complexity index is 432. The van der Waals surface area contributed by atoms with E-state index in [1.807, 2.05) is 30.0 Å². The minimum atomic E-state index is 0.207. The molecule has 0 amide bonds. The summed E-state index contributed by atoms with van der Waals surface area (Å²) in [7, 11) is 2.13. The predicted octanol–water partition coefficient (Wildman–Crippen LogP) is 2.64. The van der Waals surface area contributed by atoms with Crippen LogP contribution in [-0.4, -0.2) is 29.6 Å². The molecule has 0 aromatic heterocycles. The monoisotopic (exact) mass is 233 g/mol. The van der Waals surface area contributed by atoms with Crippen LogP contribution in [0.25, 0.3) is 0 Å². The highest BCUT2D eigenvalue weighted by atomic mass is 32.2. The average molecular weight is 233 g/mol. The van der Waals surface area contributed by atoms with Gasteiger partial charge in [-0.3, -0.25) is 9.69 Å². The molecular formula is C13H15NOS. The van der Waals surface area contributed by atoms with Crippen LogP contribution in [0.3, 0.4) is 0 Å². The Morgan fingerprint density at radius 1 is 1.38 bits per heavy atom. The molecule has 2 unspecified atom stereocenters. The summed E-state index contributed by atoms with van der Waals surface area (Å²) in [6.45, 7) is 1.11. The largest absolute Gasteiger partial charge is 0.294 e. The standard InChI is InChI=1S/C13H15NOS/c1-14-8-4-6-10-12(15)9-5-2-3-7-11(9)16-13(10)14/h2-3,5,7,10,13H,4,6,8H2,1H3. The Balaban J connectivity index is 2.03. The van der Waals surface area contributed by atoms with E-state index in [0.717, 1.165) is 29.8 Å². The van der Waals surface area contributed by atoms with Crippen LogP contribution in [0.5, 0.6) is 0 Å². The van der Waals surface area contributed by atoms with Crippen molar-refractivity contribution in [1.82, 2.24) is 4.90 Å². The number of carbonyl (C=O) groups excluding carboxylic acids is 1. The summed E-state index contributed by atoms with van der Waals surface area (Å²) >= 11 is 1.86. The fourth-order valence-electron chi connectivity index (χ4n) is 2.67. The van der Waals surface area contributed by atoms with Gasteiger partial charge in [0.05, 0.1) is 5.37 Å². The molecule has 3 rings (SSSR count). The highest BCUT2D eigenvalue weighted by Crippen LogP contribution is 2.43. The third-order valence-electron chi connectivity index (χ3n) is 3.54. The number of Topliss-reactive ketones (excluding diaryl/α,β-unsaturated/α-hetero) is 1. The number of rotatable bonds is 0. The van der Waals surface area contributed by atoms with E-state index in [-0.39, 0.29) is 5.92 Å². The summed E-state index contributed by atoms with van der Waals surface area (Å²) in [6, 6.07) is 8.01. The van der Waals surface area contributed by atoms with E-state index in [0.29, 0.717) is 11.2 Å². The van der Waals surface area contributed by atoms with Crippen LogP contribution in [0.2, 0.25) is 0 Å². The smallest absolute Gasteiger partial charge is 0.169 e. The summed E-state index contributed by atoms with van der Waals surface area (Å²) in [6.07, 6.45) is 2.20. The van der Waals surface area contributed by atoms with Crippen LogP contribution < -0.4 is 0 Å². The second kappa shape index (κ2) is 3.90. The van der Waals surface area contributed by atoms with Gasteiger partial charge in [0, 0.05) is 16.4 Å². The summed E-state index contributed by atoms with van der Waals surface area (Å²) in [4.78, 5) is 15.8. The highest BCUT2D eigenvalue weighted by molar-refractivity contribution is 8.00. The minimum absolute atomic E-state index is 0.207. The number of nitrogens with zero attached hydrogens (tertiary/aromatic N) is 1. The van der Waals surface area contributed by atoms with Crippen molar-refractivity contribution in [3.63, 3.8) is 0 Å². The van der Waals surface area contributed by atoms with Crippen molar-refractivity contribution in [1.29, 1.82) is 0 Å². The molecule has 3 heteroatoms. The molecule has 0 radical (unpaired) electrons. The zero-order chi connectivity index (χ0) is 11.1. The van der Waals surface area contributed by atoms with Crippen LogP contribution in [-0.2, 0) is 0 Å². The minimum Gasteiger partial charge on any atom is -0.294 e. The van der Waals surface area contributed by atoms with Crippen molar-refractivity contribution >= 4 is 17.5 Å². The number of carbonyl (C=O) groups is 1. The van der Waals surface area contributed by atoms with Gasteiger partial charge in [0.2, 0.25) is 0 Å². The van der Waals surface area contributed by atoms with Crippen LogP contribution >= 0.6 is 11.8 Å². The summed E-state index contributed by atoms with van der Waals surface area (Å²) in [5, 5.41) is 0.358. The first-order valence-corrected chi connectivity index (χ1v) is 6.65. The maximum atomic E-state index is 12.4. The van der Waals surface area contributed by atoms with Gasteiger partial charge in [-0.15, -0.1) is 11.8 Å². The molecular weight excluding hydrogens is 218 g/mol. The average Bonchev–Trinajstić information content (AvgIpc) is 2.31. The Morgan fingerprint density at radius 2 is 2.19 bits per heavy atom. The molecule has 2 aliphatic rings. The van der Waals surface area contributed by atoms with E-state index < -0.39 is 0 Å². The van der Waals surface area contributed by atoms with E-state index in [1.165, 1.54) is 0 Å². The SMILES string of the molecule is CN1CCCC2C(=O)c3ccccc3SC21. The third kappa shape index (κ3) is 1.50. The van der Waals surface area contributed by atoms with Gasteiger partial charge >= 0.3 is 0 Å². The van der Waals surface area contributed by atoms with Gasteiger partial charge in [0.15, 0.2) is 5.78 Å². The molecule has 16 heavy (non-hydrogen) atoms. The van der Waals surface area contributed by atoms with Gasteiger partial charge in [0.25, 0.3) is 0 Å². The van der Waals surface area contributed by atoms with Gasteiger partial charge in [0.1, 0.15) is 0 Å². The van der Waals surface area contributed by atoms with E-state index >= 15 is 0 Å². The number of benzene rings is 1. The predicted molar refractivity (Wildman–Crippen MR) is 65.8 cm³/mol. The second-order valence-corrected chi connectivity index (χ2v) is 5.76. The highest BCUT2D eigenvalue weighted by Gasteiger charge is 2.39. The Kier molecular flexibility index (Phi) is 2.52. The van der Waals surface area contributed by atoms with Gasteiger partial charge in [-0.1, -0.05) is 18.2 Å². The number of hydrogen-bond donors (Lipinski definition) is 0. The van der Waals surface area contributed by atoms with E-state index in [1.54, 1.807) is 0 Å². The molecule has 0 N–H and O–H groups in total. The molecule has 2 aliphatic heterocycles. The lowest BCUT2D eigenvalue weighted by Gasteiger charge is -2.40. The summed E-state index contributed by atoms with van der Waals surface area (Å²) in [5.41, 5.74) is 0.934. The van der Waals surface area contributed by atoms with E-state index in [2.05, 4.69) is 18.0 Å². The fourth-order valence-corrected chi connectivity index (χ4v) is 4.10. The topological polar surface area (TPSA) is 20.3 Å². The molecule has 2 nitrogen and oxygen atoms in total. The maximum Gasteiger partial charge on any atom is 0.169 e. The van der Waals surface area contributed by atoms with E-state index in [4.69, 9.17) is 0 Å². The molecule has 1 aromatic rings. The molecule has 1 fully saturated rings. The van der Waals surface area contributed by atoms with Gasteiger partial charge < -0.3 is 0 Å². The van der Waals surface area contributed by atoms with Gasteiger partial charge in [-0.25, -0.2) is 0 Å². The summed E-state index contributed by atoms with van der Waals surface area (Å²) in [5.74, 6) is 0.560. The van der Waals surface area contributed by atoms with Crippen LogP contribution in [0.15, 0.2) is 29.2 Å². The Hall–Kier alpha value is -0.800. The molecule has 0 saturated carbocycles. The normalized spacial score (nSPS) is 29.7. The van der Waals surface area contributed by atoms with Crippen LogP contribution in [0, 0.1) is 5.92 Å². The number of ketones is 1. The third-order valence-corrected chi connectivity index (χ3v) is 5.08. The second-order valence-electron chi connectivity index (χ2n) is 4.60. The summed E-state index contributed by atoms with van der Waals surface area (Å²) < 4.78 is 0. The maximum absolute atomic E-state index is 12.4. The van der Waals surface area contributed by atoms with Crippen molar-refractivity contribution in [2.75, 3.05) is 13.6 Å². The molecule has 2 atom stereocenters. The molecule has 1 saturated heterocycles. The molecule has 0 bridgehead atoms. The number of piperidine rings is 1. The lowest BCUT2D eigenvalue weighted by Crippen LogP contribution is -2.45. The first-order valence-electron chi connectivity index (χ1n) is 5.77. The quantitative estimate of drug-likeness (QED) is 0.687. The lowest BCUT2D eigenvalue weighted by molar-refractivity contribution is 0.0803. The zero-order valence-corrected chi connectivity index (χ0v) is 10.2. The molecule has 84 valence electrons. The van der Waals surface area contributed by atoms with Crippen molar-refractivity contribution in [3.05, 3.63) is 29.8 Å². The fraction of sp³-hybridized carbons (Fsp3) is 0.462. The number of hydrogen-bond acceptors (Lipinski definition) is 3. The number of likely N-dealkylation sites (tertiary alicyclic amines) is 1. The van der Waals surface area contributed by atoms with Crippen LogP contribution in [0.4, 0.5) is 0 Å². The number of fused-ring (bicyclic) bond motifs is 2. The molecule has 2 heterocycles. The number of thioether (sulfide) groups is 1. The van der Waals surface area contributed by atoms with Gasteiger partial charge in [-0.2, -0.15) is 0 Å². The molecule has 1 aromatic carbocycles. The van der Waals surface area contributed by atoms with Crippen molar-refractivity contribution in [3.8, 4) is 0 Å². The first kappa shape index (κ1) is 10.4. The molecule has 0 aliphatic carbocycles. The van der Waals surface area contributed by atoms with Crippen LogP contribution in [0.1, 0.15) is 23.2 Å². The Labute approximate surface area is 100 Å². The van der Waals surface area contributed by atoms with Gasteiger partial charge in [-0.05, 0) is 32.5 Å². The van der Waals surface area contributed by atoms with Crippen molar-refractivity contribution in [2.24, 2.45) is 5.92 Å². The zero-order valence-electron chi connectivity index (χ0n) is 9.35. The van der Waals surface area contributed by atoms with Crippen molar-refractivity contribution in [2.45, 2.75) is 23.1 Å². The molecule has 0 spiro atoms. The Morgan fingerprint density at radius 3 is 3.06 bits per heavy atom. The van der Waals surface area contributed by atoms with Crippen molar-refractivity contribution < 1.29 is 4.79 Å². The van der Waals surface area contributed by atoms with E-state index in [9.17, 15) is 4.79 Å². The first-order chi connectivity index (χ1) is 7.77.